The Morgan fingerprint density at radius 3 is 2.59 bits per heavy atom. The monoisotopic (exact) mass is 234 g/mol. The van der Waals surface area contributed by atoms with E-state index in [9.17, 15) is 5.11 Å². The summed E-state index contributed by atoms with van der Waals surface area (Å²) in [4.78, 5) is 0. The van der Waals surface area contributed by atoms with Crippen LogP contribution < -0.4 is 9.47 Å². The van der Waals surface area contributed by atoms with Gasteiger partial charge in [-0.05, 0) is 30.3 Å². The number of furan rings is 1. The van der Waals surface area contributed by atoms with Crippen LogP contribution in [-0.2, 0) is 0 Å². The highest BCUT2D eigenvalue weighted by molar-refractivity contribution is 5.43. The number of hydrogen-bond donors (Lipinski definition) is 1. The largest absolute Gasteiger partial charge is 0.497 e. The van der Waals surface area contributed by atoms with E-state index in [-0.39, 0.29) is 0 Å². The maximum absolute atomic E-state index is 10.2. The predicted octanol–water partition coefficient (Wildman–Crippen LogP) is 2.38. The van der Waals surface area contributed by atoms with Crippen LogP contribution >= 0.6 is 0 Å². The summed E-state index contributed by atoms with van der Waals surface area (Å²) in [5.41, 5.74) is 0.613. The van der Waals surface area contributed by atoms with Crippen LogP contribution in [0.2, 0.25) is 0 Å². The molecular weight excluding hydrogens is 220 g/mol. The molecule has 0 unspecified atom stereocenters. The van der Waals surface area contributed by atoms with Crippen LogP contribution in [-0.4, -0.2) is 19.3 Å². The molecule has 0 aliphatic rings. The topological polar surface area (TPSA) is 51.8 Å². The first-order chi connectivity index (χ1) is 8.26. The Morgan fingerprint density at radius 1 is 1.18 bits per heavy atom. The molecule has 0 fully saturated rings. The second-order valence-corrected chi connectivity index (χ2v) is 3.53. The van der Waals surface area contributed by atoms with Gasteiger partial charge in [0.15, 0.2) is 0 Å². The predicted molar refractivity (Wildman–Crippen MR) is 62.3 cm³/mol. The molecule has 2 rings (SSSR count). The summed E-state index contributed by atoms with van der Waals surface area (Å²) in [6.45, 7) is 0. The van der Waals surface area contributed by atoms with Crippen molar-refractivity contribution < 1.29 is 19.0 Å². The Hall–Kier alpha value is -1.94. The second kappa shape index (κ2) is 4.93. The van der Waals surface area contributed by atoms with Crippen LogP contribution in [0.25, 0.3) is 0 Å². The molecule has 17 heavy (non-hydrogen) atoms. The summed E-state index contributed by atoms with van der Waals surface area (Å²) in [6, 6.07) is 8.69. The number of hydrogen-bond acceptors (Lipinski definition) is 4. The van der Waals surface area contributed by atoms with E-state index in [4.69, 9.17) is 13.9 Å². The van der Waals surface area contributed by atoms with E-state index in [0.29, 0.717) is 22.8 Å². The molecule has 90 valence electrons. The Kier molecular flexibility index (Phi) is 3.35. The van der Waals surface area contributed by atoms with E-state index in [1.807, 2.05) is 0 Å². The van der Waals surface area contributed by atoms with Gasteiger partial charge in [0.2, 0.25) is 0 Å². The lowest BCUT2D eigenvalue weighted by atomic mass is 10.1. The van der Waals surface area contributed by atoms with Crippen molar-refractivity contribution in [2.24, 2.45) is 0 Å². The summed E-state index contributed by atoms with van der Waals surface area (Å²) < 4.78 is 15.5. The Labute approximate surface area is 99.4 Å². The van der Waals surface area contributed by atoms with Gasteiger partial charge >= 0.3 is 0 Å². The van der Waals surface area contributed by atoms with Gasteiger partial charge in [0, 0.05) is 5.56 Å². The number of aliphatic hydroxyl groups is 1. The maximum Gasteiger partial charge on any atom is 0.140 e. The Balaban J connectivity index is 2.41. The van der Waals surface area contributed by atoms with Crippen LogP contribution in [0.1, 0.15) is 17.4 Å². The average Bonchev–Trinajstić information content (AvgIpc) is 2.91. The molecule has 0 bridgehead atoms. The second-order valence-electron chi connectivity index (χ2n) is 3.53. The van der Waals surface area contributed by atoms with Crippen molar-refractivity contribution in [3.63, 3.8) is 0 Å². The lowest BCUT2D eigenvalue weighted by molar-refractivity contribution is 0.184. The van der Waals surface area contributed by atoms with Crippen molar-refractivity contribution in [1.29, 1.82) is 0 Å². The lowest BCUT2D eigenvalue weighted by Crippen LogP contribution is -2.01. The van der Waals surface area contributed by atoms with Crippen LogP contribution in [0.4, 0.5) is 0 Å². The summed E-state index contributed by atoms with van der Waals surface area (Å²) in [5.74, 6) is 1.72. The molecular formula is C13H14O4. The third-order valence-corrected chi connectivity index (χ3v) is 2.54. The SMILES string of the molecule is COc1ccc(OC)c([C@@H](O)c2ccco2)c1. The number of methoxy groups -OCH3 is 2. The van der Waals surface area contributed by atoms with Crippen molar-refractivity contribution in [3.05, 3.63) is 47.9 Å². The number of ether oxygens (including phenoxy) is 2. The molecule has 0 aliphatic heterocycles. The van der Waals surface area contributed by atoms with Gasteiger partial charge in [-0.3, -0.25) is 0 Å². The fourth-order valence-corrected chi connectivity index (χ4v) is 1.65. The van der Waals surface area contributed by atoms with Crippen LogP contribution in [0.3, 0.4) is 0 Å². The van der Waals surface area contributed by atoms with Gasteiger partial charge in [-0.15, -0.1) is 0 Å². The first-order valence-corrected chi connectivity index (χ1v) is 5.19. The van der Waals surface area contributed by atoms with Crippen LogP contribution in [0.5, 0.6) is 11.5 Å². The zero-order chi connectivity index (χ0) is 12.3. The van der Waals surface area contributed by atoms with Crippen molar-refractivity contribution in [2.45, 2.75) is 6.10 Å². The molecule has 0 spiro atoms. The average molecular weight is 234 g/mol. The number of benzene rings is 1. The smallest absolute Gasteiger partial charge is 0.140 e. The third-order valence-electron chi connectivity index (χ3n) is 2.54. The fraction of sp³-hybridized carbons (Fsp3) is 0.231. The molecule has 0 saturated heterocycles. The highest BCUT2D eigenvalue weighted by Gasteiger charge is 2.18. The zero-order valence-corrected chi connectivity index (χ0v) is 9.71. The number of aliphatic hydroxyl groups excluding tert-OH is 1. The fourth-order valence-electron chi connectivity index (χ4n) is 1.65. The minimum atomic E-state index is -0.866. The highest BCUT2D eigenvalue weighted by atomic mass is 16.5. The van der Waals surface area contributed by atoms with Gasteiger partial charge < -0.3 is 19.0 Å². The molecule has 1 aromatic heterocycles. The van der Waals surface area contributed by atoms with Crippen molar-refractivity contribution in [1.82, 2.24) is 0 Å². The molecule has 0 radical (unpaired) electrons. The molecule has 1 aromatic carbocycles. The normalized spacial score (nSPS) is 12.2. The molecule has 2 aromatic rings. The van der Waals surface area contributed by atoms with E-state index in [1.54, 1.807) is 44.6 Å². The molecule has 1 heterocycles. The molecule has 1 atom stereocenters. The molecule has 0 aliphatic carbocycles. The first kappa shape index (κ1) is 11.5. The van der Waals surface area contributed by atoms with E-state index in [2.05, 4.69) is 0 Å². The van der Waals surface area contributed by atoms with E-state index >= 15 is 0 Å². The Morgan fingerprint density at radius 2 is 2.00 bits per heavy atom. The highest BCUT2D eigenvalue weighted by Crippen LogP contribution is 2.33. The van der Waals surface area contributed by atoms with Gasteiger partial charge in [0.1, 0.15) is 23.4 Å². The summed E-state index contributed by atoms with van der Waals surface area (Å²) >= 11 is 0. The number of rotatable bonds is 4. The van der Waals surface area contributed by atoms with Crippen molar-refractivity contribution in [2.75, 3.05) is 14.2 Å². The summed E-state index contributed by atoms with van der Waals surface area (Å²) in [7, 11) is 3.13. The van der Waals surface area contributed by atoms with Gasteiger partial charge in [-0.1, -0.05) is 0 Å². The lowest BCUT2D eigenvalue weighted by Gasteiger charge is -2.14. The van der Waals surface area contributed by atoms with Crippen molar-refractivity contribution in [3.8, 4) is 11.5 Å². The van der Waals surface area contributed by atoms with Gasteiger partial charge in [-0.2, -0.15) is 0 Å². The van der Waals surface area contributed by atoms with E-state index in [1.165, 1.54) is 6.26 Å². The minimum Gasteiger partial charge on any atom is -0.497 e. The first-order valence-electron chi connectivity index (χ1n) is 5.19. The van der Waals surface area contributed by atoms with Gasteiger partial charge in [0.05, 0.1) is 20.5 Å². The molecule has 4 heteroatoms. The van der Waals surface area contributed by atoms with Crippen LogP contribution in [0.15, 0.2) is 41.0 Å². The van der Waals surface area contributed by atoms with Gasteiger partial charge in [0.25, 0.3) is 0 Å². The summed E-state index contributed by atoms with van der Waals surface area (Å²) in [6.07, 6.45) is 0.653. The molecule has 0 amide bonds. The van der Waals surface area contributed by atoms with E-state index < -0.39 is 6.10 Å². The standard InChI is InChI=1S/C13H14O4/c1-15-9-5-6-11(16-2)10(8-9)13(14)12-4-3-7-17-12/h3-8,13-14H,1-2H3/t13-/m1/s1. The molecule has 1 N–H and O–H groups in total. The third kappa shape index (κ3) is 2.26. The van der Waals surface area contributed by atoms with Gasteiger partial charge in [-0.25, -0.2) is 0 Å². The Bertz CT molecular complexity index is 476. The zero-order valence-electron chi connectivity index (χ0n) is 9.71. The minimum absolute atomic E-state index is 0.469. The maximum atomic E-state index is 10.2. The quantitative estimate of drug-likeness (QED) is 0.882. The molecule has 0 saturated carbocycles. The van der Waals surface area contributed by atoms with Crippen LogP contribution in [0, 0.1) is 0 Å². The summed E-state index contributed by atoms with van der Waals surface area (Å²) in [5, 5.41) is 10.2. The van der Waals surface area contributed by atoms with E-state index in [0.717, 1.165) is 0 Å². The van der Waals surface area contributed by atoms with Crippen molar-refractivity contribution >= 4 is 0 Å². The molecule has 4 nitrogen and oxygen atoms in total.